The van der Waals surface area contributed by atoms with E-state index >= 15 is 0 Å². The van der Waals surface area contributed by atoms with Crippen LogP contribution in [0.25, 0.3) is 11.4 Å². The predicted octanol–water partition coefficient (Wildman–Crippen LogP) is 3.70. The van der Waals surface area contributed by atoms with Crippen molar-refractivity contribution in [3.63, 3.8) is 0 Å². The zero-order chi connectivity index (χ0) is 13.8. The lowest BCUT2D eigenvalue weighted by Crippen LogP contribution is -2.24. The van der Waals surface area contributed by atoms with Crippen LogP contribution in [0.2, 0.25) is 0 Å². The van der Waals surface area contributed by atoms with Crippen molar-refractivity contribution in [3.05, 3.63) is 34.1 Å². The van der Waals surface area contributed by atoms with Gasteiger partial charge < -0.3 is 9.84 Å². The number of rotatable bonds is 5. The van der Waals surface area contributed by atoms with E-state index in [-0.39, 0.29) is 0 Å². The summed E-state index contributed by atoms with van der Waals surface area (Å²) in [5, 5.41) is 7.35. The number of nitrogens with one attached hydrogen (secondary N) is 1. The molecule has 0 saturated carbocycles. The molecule has 0 aliphatic heterocycles. The largest absolute Gasteiger partial charge is 0.338 e. The second-order valence-electron chi connectivity index (χ2n) is 4.69. The van der Waals surface area contributed by atoms with Gasteiger partial charge in [0.25, 0.3) is 0 Å². The normalized spacial score (nSPS) is 12.6. The maximum atomic E-state index is 5.25. The van der Waals surface area contributed by atoms with Crippen LogP contribution in [-0.2, 0) is 6.54 Å². The fraction of sp³-hybridized carbons (Fsp3) is 0.429. The second-order valence-corrected chi connectivity index (χ2v) is 5.54. The highest BCUT2D eigenvalue weighted by Gasteiger charge is 2.12. The number of nitrogens with zero attached hydrogens (tertiary/aromatic N) is 2. The predicted molar refractivity (Wildman–Crippen MR) is 78.8 cm³/mol. The molecule has 1 aromatic heterocycles. The van der Waals surface area contributed by atoms with Crippen LogP contribution in [-0.4, -0.2) is 16.2 Å². The third-order valence-corrected chi connectivity index (χ3v) is 3.70. The van der Waals surface area contributed by atoms with Gasteiger partial charge in [0, 0.05) is 16.1 Å². The first-order valence-corrected chi connectivity index (χ1v) is 7.22. The van der Waals surface area contributed by atoms with Crippen LogP contribution in [0.4, 0.5) is 0 Å². The van der Waals surface area contributed by atoms with Crippen LogP contribution in [0.15, 0.2) is 27.2 Å². The van der Waals surface area contributed by atoms with Crippen LogP contribution in [0, 0.1) is 6.92 Å². The summed E-state index contributed by atoms with van der Waals surface area (Å²) in [5.74, 6) is 1.23. The molecule has 0 radical (unpaired) electrons. The van der Waals surface area contributed by atoms with E-state index < -0.39 is 0 Å². The van der Waals surface area contributed by atoms with Gasteiger partial charge in [-0.1, -0.05) is 34.1 Å². The highest BCUT2D eigenvalue weighted by molar-refractivity contribution is 9.10. The Morgan fingerprint density at radius 2 is 2.21 bits per heavy atom. The molecule has 2 aromatic rings. The Hall–Kier alpha value is -1.20. The fourth-order valence-corrected chi connectivity index (χ4v) is 2.31. The standard InChI is InChI=1S/C14H18BrN3O/c1-4-10(3)16-8-13-17-14(18-19-13)11-6-5-9(2)7-12(11)15/h5-7,10,16H,4,8H2,1-3H3. The topological polar surface area (TPSA) is 51.0 Å². The Morgan fingerprint density at radius 1 is 1.42 bits per heavy atom. The third-order valence-electron chi connectivity index (χ3n) is 3.05. The molecule has 1 N–H and O–H groups in total. The van der Waals surface area contributed by atoms with E-state index in [1.807, 2.05) is 25.1 Å². The van der Waals surface area contributed by atoms with Crippen LogP contribution >= 0.6 is 15.9 Å². The van der Waals surface area contributed by atoms with Crippen LogP contribution in [0.3, 0.4) is 0 Å². The second kappa shape index (κ2) is 6.30. The maximum Gasteiger partial charge on any atom is 0.240 e. The molecule has 0 aliphatic rings. The van der Waals surface area contributed by atoms with Gasteiger partial charge >= 0.3 is 0 Å². The minimum atomic E-state index is 0.446. The van der Waals surface area contributed by atoms with Crippen molar-refractivity contribution in [2.75, 3.05) is 0 Å². The highest BCUT2D eigenvalue weighted by Crippen LogP contribution is 2.26. The van der Waals surface area contributed by atoms with E-state index in [0.717, 1.165) is 16.5 Å². The quantitative estimate of drug-likeness (QED) is 0.911. The molecule has 2 rings (SSSR count). The number of hydrogen-bond acceptors (Lipinski definition) is 4. The summed E-state index contributed by atoms with van der Waals surface area (Å²) >= 11 is 3.53. The maximum absolute atomic E-state index is 5.25. The number of hydrogen-bond donors (Lipinski definition) is 1. The molecule has 0 amide bonds. The molecule has 1 atom stereocenters. The molecular weight excluding hydrogens is 306 g/mol. The zero-order valence-corrected chi connectivity index (χ0v) is 13.0. The third kappa shape index (κ3) is 3.64. The minimum Gasteiger partial charge on any atom is -0.338 e. The molecule has 19 heavy (non-hydrogen) atoms. The number of aromatic nitrogens is 2. The van der Waals surface area contributed by atoms with E-state index in [9.17, 15) is 0 Å². The minimum absolute atomic E-state index is 0.446. The highest BCUT2D eigenvalue weighted by atomic mass is 79.9. The Balaban J connectivity index is 2.12. The van der Waals surface area contributed by atoms with Crippen molar-refractivity contribution >= 4 is 15.9 Å². The number of halogens is 1. The average Bonchev–Trinajstić information content (AvgIpc) is 2.84. The lowest BCUT2D eigenvalue weighted by atomic mass is 10.1. The molecule has 0 bridgehead atoms. The Bertz CT molecular complexity index is 553. The molecule has 0 saturated heterocycles. The molecule has 0 spiro atoms. The summed E-state index contributed by atoms with van der Waals surface area (Å²) in [5.41, 5.74) is 2.14. The van der Waals surface area contributed by atoms with Crippen molar-refractivity contribution in [2.24, 2.45) is 0 Å². The van der Waals surface area contributed by atoms with Crippen LogP contribution in [0.1, 0.15) is 31.7 Å². The molecule has 0 fully saturated rings. The van der Waals surface area contributed by atoms with Gasteiger partial charge in [-0.25, -0.2) is 0 Å². The monoisotopic (exact) mass is 323 g/mol. The molecule has 1 aromatic carbocycles. The smallest absolute Gasteiger partial charge is 0.240 e. The molecule has 0 aliphatic carbocycles. The summed E-state index contributed by atoms with van der Waals surface area (Å²) in [6, 6.07) is 6.52. The molecule has 102 valence electrons. The Labute approximate surface area is 121 Å². The zero-order valence-electron chi connectivity index (χ0n) is 11.4. The molecule has 1 heterocycles. The van der Waals surface area contributed by atoms with Crippen molar-refractivity contribution in [1.29, 1.82) is 0 Å². The van der Waals surface area contributed by atoms with E-state index in [1.54, 1.807) is 0 Å². The SMILES string of the molecule is CCC(C)NCc1nc(-c2ccc(C)cc2Br)no1. The van der Waals surface area contributed by atoms with Gasteiger partial charge in [-0.05, 0) is 38.0 Å². The molecule has 5 heteroatoms. The van der Waals surface area contributed by atoms with Crippen LogP contribution in [0.5, 0.6) is 0 Å². The summed E-state index contributed by atoms with van der Waals surface area (Å²) < 4.78 is 6.24. The average molecular weight is 324 g/mol. The number of aryl methyl sites for hydroxylation is 1. The molecular formula is C14H18BrN3O. The first-order chi connectivity index (χ1) is 9.10. The lowest BCUT2D eigenvalue weighted by Gasteiger charge is -2.07. The van der Waals surface area contributed by atoms with E-state index in [1.165, 1.54) is 5.56 Å². The summed E-state index contributed by atoms with van der Waals surface area (Å²) in [6.45, 7) is 6.92. The fourth-order valence-electron chi connectivity index (χ4n) is 1.64. The van der Waals surface area contributed by atoms with Gasteiger partial charge in [0.15, 0.2) is 0 Å². The van der Waals surface area contributed by atoms with Crippen molar-refractivity contribution < 1.29 is 4.52 Å². The first kappa shape index (κ1) is 14.2. The summed E-state index contributed by atoms with van der Waals surface area (Å²) in [6.07, 6.45) is 1.07. The van der Waals surface area contributed by atoms with E-state index in [2.05, 4.69) is 45.2 Å². The van der Waals surface area contributed by atoms with Crippen molar-refractivity contribution in [3.8, 4) is 11.4 Å². The van der Waals surface area contributed by atoms with Gasteiger partial charge in [0.2, 0.25) is 11.7 Å². The van der Waals surface area contributed by atoms with Gasteiger partial charge in [-0.2, -0.15) is 4.98 Å². The molecule has 4 nitrogen and oxygen atoms in total. The lowest BCUT2D eigenvalue weighted by molar-refractivity contribution is 0.358. The Morgan fingerprint density at radius 3 is 2.89 bits per heavy atom. The van der Waals surface area contributed by atoms with Gasteiger partial charge in [0.1, 0.15) is 0 Å². The summed E-state index contributed by atoms with van der Waals surface area (Å²) in [7, 11) is 0. The van der Waals surface area contributed by atoms with Gasteiger partial charge in [-0.15, -0.1) is 0 Å². The van der Waals surface area contributed by atoms with Crippen molar-refractivity contribution in [1.82, 2.24) is 15.5 Å². The van der Waals surface area contributed by atoms with Gasteiger partial charge in [0.05, 0.1) is 6.54 Å². The van der Waals surface area contributed by atoms with E-state index in [0.29, 0.717) is 24.3 Å². The van der Waals surface area contributed by atoms with E-state index in [4.69, 9.17) is 4.52 Å². The number of benzene rings is 1. The first-order valence-electron chi connectivity index (χ1n) is 6.42. The summed E-state index contributed by atoms with van der Waals surface area (Å²) in [4.78, 5) is 4.41. The van der Waals surface area contributed by atoms with Gasteiger partial charge in [-0.3, -0.25) is 0 Å². The Kier molecular flexibility index (Phi) is 4.71. The van der Waals surface area contributed by atoms with Crippen LogP contribution < -0.4 is 5.32 Å². The van der Waals surface area contributed by atoms with Crippen molar-refractivity contribution in [2.45, 2.75) is 39.8 Å². The molecule has 1 unspecified atom stereocenters.